The van der Waals surface area contributed by atoms with Crippen LogP contribution in [0.15, 0.2) is 66.7 Å². The molecule has 0 aliphatic rings. The first kappa shape index (κ1) is 20.2. The summed E-state index contributed by atoms with van der Waals surface area (Å²) in [5.41, 5.74) is 2.64. The molecule has 3 nitrogen and oxygen atoms in total. The van der Waals surface area contributed by atoms with Gasteiger partial charge in [0.1, 0.15) is 23.9 Å². The highest BCUT2D eigenvalue weighted by molar-refractivity contribution is 6.31. The van der Waals surface area contributed by atoms with Crippen molar-refractivity contribution in [3.63, 3.8) is 0 Å². The summed E-state index contributed by atoms with van der Waals surface area (Å²) in [5.74, 6) is 1.23. The quantitative estimate of drug-likeness (QED) is 0.489. The third-order valence-electron chi connectivity index (χ3n) is 4.44. The molecule has 0 saturated carbocycles. The molecule has 0 heterocycles. The molecule has 0 fully saturated rings. The lowest BCUT2D eigenvalue weighted by molar-refractivity contribution is 0.299. The van der Waals surface area contributed by atoms with Crippen molar-refractivity contribution in [2.75, 3.05) is 13.7 Å². The van der Waals surface area contributed by atoms with Crippen molar-refractivity contribution < 1.29 is 13.9 Å². The SMILES string of the molecule is COc1ccccc1CCNCc1cccc(OCc2c(F)cccc2Cl)c1. The molecule has 3 rings (SSSR count). The third kappa shape index (κ3) is 5.47. The van der Waals surface area contributed by atoms with Crippen molar-refractivity contribution in [2.24, 2.45) is 0 Å². The molecule has 3 aromatic carbocycles. The number of methoxy groups -OCH3 is 1. The molecule has 0 aliphatic heterocycles. The van der Waals surface area contributed by atoms with E-state index in [2.05, 4.69) is 11.4 Å². The smallest absolute Gasteiger partial charge is 0.131 e. The summed E-state index contributed by atoms with van der Waals surface area (Å²) in [5, 5.41) is 3.80. The van der Waals surface area contributed by atoms with Crippen LogP contribution in [0.3, 0.4) is 0 Å². The highest BCUT2D eigenvalue weighted by Gasteiger charge is 2.08. The van der Waals surface area contributed by atoms with Crippen LogP contribution in [0, 0.1) is 5.82 Å². The molecule has 0 bridgehead atoms. The monoisotopic (exact) mass is 399 g/mol. The lowest BCUT2D eigenvalue weighted by Gasteiger charge is -2.11. The molecule has 146 valence electrons. The largest absolute Gasteiger partial charge is 0.496 e. The highest BCUT2D eigenvalue weighted by atomic mass is 35.5. The first-order valence-electron chi connectivity index (χ1n) is 9.14. The van der Waals surface area contributed by atoms with E-state index in [0.717, 1.165) is 24.3 Å². The fourth-order valence-electron chi connectivity index (χ4n) is 2.94. The lowest BCUT2D eigenvalue weighted by Crippen LogP contribution is -2.17. The molecule has 0 aromatic heterocycles. The van der Waals surface area contributed by atoms with Gasteiger partial charge in [-0.25, -0.2) is 4.39 Å². The van der Waals surface area contributed by atoms with Crippen molar-refractivity contribution >= 4 is 11.6 Å². The molecule has 0 spiro atoms. The number of nitrogens with one attached hydrogen (secondary N) is 1. The first-order chi connectivity index (χ1) is 13.7. The molecule has 0 atom stereocenters. The van der Waals surface area contributed by atoms with Gasteiger partial charge >= 0.3 is 0 Å². The van der Waals surface area contributed by atoms with Gasteiger partial charge in [-0.3, -0.25) is 0 Å². The van der Waals surface area contributed by atoms with Crippen LogP contribution in [0.1, 0.15) is 16.7 Å². The number of ether oxygens (including phenoxy) is 2. The Morgan fingerprint density at radius 3 is 2.64 bits per heavy atom. The second-order valence-corrected chi connectivity index (χ2v) is 6.78. The Balaban J connectivity index is 1.51. The summed E-state index contributed by atoms with van der Waals surface area (Å²) >= 11 is 6.04. The molecule has 28 heavy (non-hydrogen) atoms. The molecule has 0 aliphatic carbocycles. The molecule has 5 heteroatoms. The van der Waals surface area contributed by atoms with Gasteiger partial charge in [0, 0.05) is 12.1 Å². The van der Waals surface area contributed by atoms with Gasteiger partial charge in [-0.05, 0) is 54.4 Å². The number of hydrogen-bond donors (Lipinski definition) is 1. The average molecular weight is 400 g/mol. The Labute approximate surface area is 170 Å². The average Bonchev–Trinajstić information content (AvgIpc) is 2.71. The number of para-hydroxylation sites is 1. The summed E-state index contributed by atoms with van der Waals surface area (Å²) in [4.78, 5) is 0. The molecule has 3 aromatic rings. The van der Waals surface area contributed by atoms with Gasteiger partial charge < -0.3 is 14.8 Å². The maximum Gasteiger partial charge on any atom is 0.131 e. The van der Waals surface area contributed by atoms with Crippen LogP contribution in [-0.2, 0) is 19.6 Å². The summed E-state index contributed by atoms with van der Waals surface area (Å²) in [6, 6.07) is 20.4. The van der Waals surface area contributed by atoms with E-state index in [1.165, 1.54) is 11.6 Å². The third-order valence-corrected chi connectivity index (χ3v) is 4.79. The second kappa shape index (κ2) is 10.1. The molecule has 0 saturated heterocycles. The van der Waals surface area contributed by atoms with Crippen LogP contribution in [0.2, 0.25) is 5.02 Å². The van der Waals surface area contributed by atoms with E-state index in [0.29, 0.717) is 22.9 Å². The lowest BCUT2D eigenvalue weighted by atomic mass is 10.1. The van der Waals surface area contributed by atoms with E-state index >= 15 is 0 Å². The Bertz CT molecular complexity index is 896. The number of hydrogen-bond acceptors (Lipinski definition) is 3. The second-order valence-electron chi connectivity index (χ2n) is 6.37. The van der Waals surface area contributed by atoms with Gasteiger partial charge in [0.25, 0.3) is 0 Å². The van der Waals surface area contributed by atoms with Crippen LogP contribution in [0.25, 0.3) is 0 Å². The predicted molar refractivity (Wildman–Crippen MR) is 111 cm³/mol. The fraction of sp³-hybridized carbons (Fsp3) is 0.217. The maximum absolute atomic E-state index is 13.8. The molecular formula is C23H23ClFNO2. The topological polar surface area (TPSA) is 30.5 Å². The van der Waals surface area contributed by atoms with Crippen LogP contribution in [-0.4, -0.2) is 13.7 Å². The molecule has 0 radical (unpaired) electrons. The van der Waals surface area contributed by atoms with Crippen LogP contribution in [0.4, 0.5) is 4.39 Å². The van der Waals surface area contributed by atoms with Gasteiger partial charge in [0.05, 0.1) is 12.1 Å². The minimum atomic E-state index is -0.360. The molecule has 1 N–H and O–H groups in total. The number of rotatable bonds is 9. The van der Waals surface area contributed by atoms with Crippen molar-refractivity contribution in [1.29, 1.82) is 0 Å². The Kier molecular flexibility index (Phi) is 7.29. The Morgan fingerprint density at radius 2 is 1.82 bits per heavy atom. The fourth-order valence-corrected chi connectivity index (χ4v) is 3.15. The highest BCUT2D eigenvalue weighted by Crippen LogP contribution is 2.22. The van der Waals surface area contributed by atoms with Crippen molar-refractivity contribution in [1.82, 2.24) is 5.32 Å². The molecule has 0 unspecified atom stereocenters. The number of benzene rings is 3. The van der Waals surface area contributed by atoms with E-state index in [4.69, 9.17) is 21.1 Å². The van der Waals surface area contributed by atoms with Crippen LogP contribution in [0.5, 0.6) is 11.5 Å². The minimum Gasteiger partial charge on any atom is -0.496 e. The van der Waals surface area contributed by atoms with Crippen molar-refractivity contribution in [3.8, 4) is 11.5 Å². The van der Waals surface area contributed by atoms with E-state index in [9.17, 15) is 4.39 Å². The number of halogens is 2. The van der Waals surface area contributed by atoms with Gasteiger partial charge in [-0.1, -0.05) is 48.0 Å². The van der Waals surface area contributed by atoms with E-state index < -0.39 is 0 Å². The summed E-state index contributed by atoms with van der Waals surface area (Å²) in [6.45, 7) is 1.64. The standard InChI is InChI=1S/C23H23ClFNO2/c1-27-23-11-3-2-7-18(23)12-13-26-15-17-6-4-8-19(14-17)28-16-20-21(24)9-5-10-22(20)25/h2-11,14,26H,12-13,15-16H2,1H3. The summed E-state index contributed by atoms with van der Waals surface area (Å²) in [7, 11) is 1.69. The van der Waals surface area contributed by atoms with Gasteiger partial charge in [-0.15, -0.1) is 0 Å². The van der Waals surface area contributed by atoms with Gasteiger partial charge in [-0.2, -0.15) is 0 Å². The minimum absolute atomic E-state index is 0.0934. The van der Waals surface area contributed by atoms with E-state index in [-0.39, 0.29) is 12.4 Å². The van der Waals surface area contributed by atoms with E-state index in [1.807, 2.05) is 42.5 Å². The predicted octanol–water partition coefficient (Wildman–Crippen LogP) is 5.40. The summed E-state index contributed by atoms with van der Waals surface area (Å²) in [6.07, 6.45) is 0.881. The van der Waals surface area contributed by atoms with Gasteiger partial charge in [0.15, 0.2) is 0 Å². The molecular weight excluding hydrogens is 377 g/mol. The van der Waals surface area contributed by atoms with E-state index in [1.54, 1.807) is 19.2 Å². The Morgan fingerprint density at radius 1 is 1.00 bits per heavy atom. The van der Waals surface area contributed by atoms with Gasteiger partial charge in [0.2, 0.25) is 0 Å². The van der Waals surface area contributed by atoms with Crippen LogP contribution >= 0.6 is 11.6 Å². The normalized spacial score (nSPS) is 10.7. The molecule has 0 amide bonds. The van der Waals surface area contributed by atoms with Crippen molar-refractivity contribution in [2.45, 2.75) is 19.6 Å². The zero-order valence-electron chi connectivity index (χ0n) is 15.8. The maximum atomic E-state index is 13.8. The first-order valence-corrected chi connectivity index (χ1v) is 9.52. The van der Waals surface area contributed by atoms with Crippen LogP contribution < -0.4 is 14.8 Å². The zero-order chi connectivity index (χ0) is 19.8. The summed E-state index contributed by atoms with van der Waals surface area (Å²) < 4.78 is 25.0. The Hall–Kier alpha value is -2.56. The van der Waals surface area contributed by atoms with Crippen molar-refractivity contribution in [3.05, 3.63) is 94.3 Å². The zero-order valence-corrected chi connectivity index (χ0v) is 16.5.